The minimum Gasteiger partial charge on any atom is -1.00 e. The first-order valence-corrected chi connectivity index (χ1v) is 28.5. The number of nitrogens with zero attached hydrogens (tertiary/aromatic N) is 2. The molecule has 0 aromatic heterocycles. The zero-order valence-corrected chi connectivity index (χ0v) is 45.5. The van der Waals surface area contributed by atoms with Gasteiger partial charge in [-0.15, -0.1) is 0 Å². The van der Waals surface area contributed by atoms with Crippen LogP contribution in [0.2, 0.25) is 0 Å². The van der Waals surface area contributed by atoms with Gasteiger partial charge in [0.2, 0.25) is 5.78 Å². The number of allylic oxidation sites excluding steroid dienone is 4. The minimum absolute atomic E-state index is 0. The van der Waals surface area contributed by atoms with Crippen LogP contribution in [0.4, 0.5) is 4.79 Å². The smallest absolute Gasteiger partial charge is 0.524 e. The van der Waals surface area contributed by atoms with E-state index in [4.69, 9.17) is 23.5 Å². The van der Waals surface area contributed by atoms with Gasteiger partial charge < -0.3 is 55.9 Å². The number of unbranched alkanes of at least 4 members (excludes halogenated alkanes) is 4. The van der Waals surface area contributed by atoms with Crippen LogP contribution in [0.25, 0.3) is 0 Å². The van der Waals surface area contributed by atoms with Crippen molar-refractivity contribution >= 4 is 25.5 Å². The van der Waals surface area contributed by atoms with Gasteiger partial charge in [0, 0.05) is 42.1 Å². The molecule has 18 heteroatoms. The molecule has 0 bridgehead atoms. The first-order chi connectivity index (χ1) is 34.9. The number of aliphatic hydroxyl groups excluding tert-OH is 2. The normalized spacial score (nSPS) is 30.3. The van der Waals surface area contributed by atoms with Gasteiger partial charge in [-0.3, -0.25) is 24.3 Å². The third-order valence-corrected chi connectivity index (χ3v) is 17.9. The van der Waals surface area contributed by atoms with Crippen LogP contribution in [-0.2, 0) is 46.1 Å². The second kappa shape index (κ2) is 24.9. The Hall–Kier alpha value is -3.51. The van der Waals surface area contributed by atoms with Crippen LogP contribution in [0.5, 0.6) is 5.75 Å². The maximum absolute atomic E-state index is 14.8. The molecular weight excluding hydrogens is 989 g/mol. The number of likely N-dealkylation sites (N-methyl/N-ethyl adjacent to an activating group) is 1. The van der Waals surface area contributed by atoms with Gasteiger partial charge in [0.05, 0.1) is 51.5 Å². The molecule has 74 heavy (non-hydrogen) atoms. The quantitative estimate of drug-likeness (QED) is 0.0557. The van der Waals surface area contributed by atoms with Crippen molar-refractivity contribution in [1.29, 1.82) is 0 Å². The molecule has 5 N–H and O–H groups in total. The highest BCUT2D eigenvalue weighted by Gasteiger charge is 2.76. The Morgan fingerprint density at radius 2 is 1.74 bits per heavy atom. The molecule has 410 valence electrons. The summed E-state index contributed by atoms with van der Waals surface area (Å²) in [7, 11) is -2.91. The summed E-state index contributed by atoms with van der Waals surface area (Å²) in [6, 6.07) is 15.3. The molecule has 2 aliphatic heterocycles. The zero-order chi connectivity index (χ0) is 52.0. The topological polar surface area (TPSA) is 211 Å². The molecule has 2 aromatic rings. The summed E-state index contributed by atoms with van der Waals surface area (Å²) in [5.41, 5.74) is 0.829. The average molecular weight is 1070 g/mol. The largest absolute Gasteiger partial charge is 1.00 e. The van der Waals surface area contributed by atoms with Crippen molar-refractivity contribution in [3.8, 4) is 5.75 Å². The van der Waals surface area contributed by atoms with Crippen molar-refractivity contribution in [2.45, 2.75) is 141 Å². The molecule has 2 aromatic carbocycles. The number of fused-ring (bicyclic) bond motifs is 7. The Balaban J connectivity index is 0.00000800. The van der Waals surface area contributed by atoms with Crippen molar-refractivity contribution in [3.05, 3.63) is 89.0 Å². The fourth-order valence-electron chi connectivity index (χ4n) is 13.6. The third-order valence-electron chi connectivity index (χ3n) is 17.4. The van der Waals surface area contributed by atoms with E-state index in [1.807, 2.05) is 33.0 Å². The van der Waals surface area contributed by atoms with E-state index in [2.05, 4.69) is 36.5 Å². The van der Waals surface area contributed by atoms with E-state index in [9.17, 15) is 38.9 Å². The van der Waals surface area contributed by atoms with Crippen molar-refractivity contribution in [2.75, 3.05) is 66.1 Å². The summed E-state index contributed by atoms with van der Waals surface area (Å²) in [5.74, 6) is -0.456. The molecule has 0 spiro atoms. The summed E-state index contributed by atoms with van der Waals surface area (Å²) in [6.45, 7) is 10.1. The molecule has 6 aliphatic rings. The van der Waals surface area contributed by atoms with E-state index in [0.717, 1.165) is 89.5 Å². The summed E-state index contributed by atoms with van der Waals surface area (Å²) >= 11 is 0. The summed E-state index contributed by atoms with van der Waals surface area (Å²) in [4.78, 5) is 62.1. The number of phosphoric acid groups is 1. The number of aliphatic hydroxyl groups is 2. The maximum Gasteiger partial charge on any atom is 0.524 e. The summed E-state index contributed by atoms with van der Waals surface area (Å²) in [6.07, 6.45) is 13.0. The fourth-order valence-corrected chi connectivity index (χ4v) is 14.1. The van der Waals surface area contributed by atoms with Gasteiger partial charge >= 0.3 is 13.9 Å². The predicted molar refractivity (Wildman–Crippen MR) is 274 cm³/mol. The highest BCUT2D eigenvalue weighted by atomic mass is 35.5. The molecule has 8 rings (SSSR count). The number of nitrogens with one attached hydrogen (secondary N) is 1. The molecule has 1 amide bonds. The number of ketones is 2. The van der Waals surface area contributed by atoms with Crippen molar-refractivity contribution in [2.24, 2.45) is 28.6 Å². The highest BCUT2D eigenvalue weighted by Crippen LogP contribution is 2.69. The molecule has 5 fully saturated rings. The predicted octanol–water partition coefficient (Wildman–Crippen LogP) is 4.52. The standard InChI is InChI=1S/C56H80N3O13P.ClH/c1-5-15-51-70-50-34-45-44-21-20-42-33-43(60)23-24-54(42,2)52(44)46(61)35-55(45,3)56(50,71-51)49(63)38-69-53(64)58-26-28-59(4,29-27-58)37-41-32-40(19-22-48(41)72-73(65,66)67)47(62)36-57-25-12-6-7-13-30-68-31-14-11-18-39-16-9-8-10-17-39;/h8-10,16-17,19,22-24,32-33,44-47,50-52,57,61-62H,5-7,11-15,18,20-21,25-31,34-38H2,1-4H3,(H-,65,66,67);1H/t44-,45-,46-,47?,50+,51?,52+,54-,55-,56+;/m0./s1. The van der Waals surface area contributed by atoms with Crippen LogP contribution in [0.1, 0.15) is 121 Å². The van der Waals surface area contributed by atoms with Crippen molar-refractivity contribution in [3.63, 3.8) is 0 Å². The molecule has 10 atom stereocenters. The first-order valence-electron chi connectivity index (χ1n) is 27.0. The number of Topliss-reactive ketones (excluding diaryl/α,β-unsaturated/α-hetero) is 1. The maximum atomic E-state index is 14.8. The van der Waals surface area contributed by atoms with Crippen LogP contribution >= 0.6 is 7.82 Å². The molecular formula is C56H81ClN3O13P. The van der Waals surface area contributed by atoms with Gasteiger partial charge in [0.1, 0.15) is 12.3 Å². The minimum atomic E-state index is -4.91. The monoisotopic (exact) mass is 1070 g/mol. The zero-order valence-electron chi connectivity index (χ0n) is 43.8. The number of aryl methyl sites for hydroxylation is 1. The van der Waals surface area contributed by atoms with Gasteiger partial charge in [-0.2, -0.15) is 0 Å². The number of phosphoric ester groups is 1. The van der Waals surface area contributed by atoms with Crippen LogP contribution in [0.15, 0.2) is 72.3 Å². The number of rotatable bonds is 24. The van der Waals surface area contributed by atoms with E-state index >= 15 is 0 Å². The highest BCUT2D eigenvalue weighted by molar-refractivity contribution is 7.46. The lowest BCUT2D eigenvalue weighted by atomic mass is 9.46. The molecule has 2 unspecified atom stereocenters. The van der Waals surface area contributed by atoms with Gasteiger partial charge in [0.25, 0.3) is 0 Å². The Kier molecular flexibility index (Phi) is 19.6. The lowest BCUT2D eigenvalue weighted by molar-refractivity contribution is -0.926. The summed E-state index contributed by atoms with van der Waals surface area (Å²) in [5, 5.41) is 26.6. The number of benzene rings is 2. The second-order valence-corrected chi connectivity index (χ2v) is 23.6. The van der Waals surface area contributed by atoms with E-state index in [-0.39, 0.29) is 47.5 Å². The van der Waals surface area contributed by atoms with Crippen LogP contribution in [0, 0.1) is 28.6 Å². The number of hydrogen-bond acceptors (Lipinski definition) is 12. The number of piperazine rings is 1. The van der Waals surface area contributed by atoms with Gasteiger partial charge in [0.15, 0.2) is 24.3 Å². The van der Waals surface area contributed by atoms with Crippen LogP contribution < -0.4 is 22.2 Å². The van der Waals surface area contributed by atoms with E-state index < -0.39 is 61.6 Å². The average Bonchev–Trinajstić information content (AvgIpc) is 3.84. The number of amides is 1. The van der Waals surface area contributed by atoms with Crippen molar-refractivity contribution in [1.82, 2.24) is 10.2 Å². The summed E-state index contributed by atoms with van der Waals surface area (Å²) < 4.78 is 42.6. The molecule has 2 saturated heterocycles. The SMILES string of the molecule is CCCC1O[C@@H]2C[C@H]3[C@@H]4CCC5=CC(=O)C=C[C@]5(C)[C@H]4[C@@H](O)C[C@]3(C)[C@]2(C(=O)COC(=O)N2CC[N+](C)(Cc3cc(C(O)CNCCCCCCOCCCCc4ccccc4)ccc3OP(=O)(O)O)CC2)O1.[Cl-]. The van der Waals surface area contributed by atoms with Crippen molar-refractivity contribution < 1.29 is 79.3 Å². The Labute approximate surface area is 443 Å². The third kappa shape index (κ3) is 12.9. The molecule has 0 radical (unpaired) electrons. The number of hydrogen-bond donors (Lipinski definition) is 5. The number of ether oxygens (including phenoxy) is 4. The van der Waals surface area contributed by atoms with E-state index in [1.54, 1.807) is 29.2 Å². The van der Waals surface area contributed by atoms with Crippen LogP contribution in [-0.4, -0.2) is 137 Å². The molecule has 4 aliphatic carbocycles. The Morgan fingerprint density at radius 1 is 1.01 bits per heavy atom. The molecule has 2 heterocycles. The lowest BCUT2D eigenvalue weighted by Crippen LogP contribution is -3.00. The number of carbonyl (C=O) groups excluding carboxylic acids is 3. The van der Waals surface area contributed by atoms with Crippen LogP contribution in [0.3, 0.4) is 0 Å². The van der Waals surface area contributed by atoms with Gasteiger partial charge in [-0.25, -0.2) is 9.36 Å². The molecule has 3 saturated carbocycles. The number of quaternary nitrogens is 1. The lowest BCUT2D eigenvalue weighted by Gasteiger charge is -2.59. The fraction of sp³-hybridized carbons (Fsp3) is 0.661. The van der Waals surface area contributed by atoms with Gasteiger partial charge in [-0.05, 0) is 118 Å². The second-order valence-electron chi connectivity index (χ2n) is 22.5. The van der Waals surface area contributed by atoms with E-state index in [0.29, 0.717) is 74.1 Å². The Morgan fingerprint density at radius 3 is 2.47 bits per heavy atom. The van der Waals surface area contributed by atoms with Gasteiger partial charge in [-0.1, -0.05) is 88.1 Å². The van der Waals surface area contributed by atoms with E-state index in [1.165, 1.54) is 11.6 Å². The molecule has 16 nitrogen and oxygen atoms in total. The first kappa shape index (κ1) is 58.2. The number of carbonyl (C=O) groups is 3. The Bertz CT molecular complexity index is 2360. The number of halogens is 1.